The number of methoxy groups -OCH3 is 1. The van der Waals surface area contributed by atoms with Gasteiger partial charge >= 0.3 is 0 Å². The maximum Gasteiger partial charge on any atom is 0.195 e. The Morgan fingerprint density at radius 2 is 2.32 bits per heavy atom. The van der Waals surface area contributed by atoms with Crippen molar-refractivity contribution < 1.29 is 9.53 Å². The molecule has 6 heteroatoms. The van der Waals surface area contributed by atoms with Crippen molar-refractivity contribution >= 4 is 21.7 Å². The molecule has 0 radical (unpaired) electrons. The van der Waals surface area contributed by atoms with Gasteiger partial charge in [-0.3, -0.25) is 9.48 Å². The van der Waals surface area contributed by atoms with E-state index < -0.39 is 0 Å². The van der Waals surface area contributed by atoms with E-state index in [9.17, 15) is 4.79 Å². The number of nitrogens with zero attached hydrogens (tertiary/aromatic N) is 2. The summed E-state index contributed by atoms with van der Waals surface area (Å²) in [5.41, 5.74) is 0.627. The predicted molar refractivity (Wildman–Crippen MR) is 76.4 cm³/mol. The zero-order valence-corrected chi connectivity index (χ0v) is 12.8. The number of ketones is 1. The normalized spacial score (nSPS) is 16.1. The minimum atomic E-state index is 0.0763. The lowest BCUT2D eigenvalue weighted by atomic mass is 10.2. The van der Waals surface area contributed by atoms with Gasteiger partial charge in [-0.25, -0.2) is 0 Å². The Balaban J connectivity index is 1.94. The Morgan fingerprint density at radius 1 is 1.58 bits per heavy atom. The van der Waals surface area contributed by atoms with Gasteiger partial charge in [-0.1, -0.05) is 12.8 Å². The monoisotopic (exact) mass is 329 g/mol. The van der Waals surface area contributed by atoms with E-state index in [1.165, 1.54) is 25.7 Å². The second-order valence-electron chi connectivity index (χ2n) is 4.84. The van der Waals surface area contributed by atoms with Crippen molar-refractivity contribution in [2.75, 3.05) is 20.3 Å². The molecule has 0 aliphatic heterocycles. The molecular weight excluding hydrogens is 310 g/mol. The van der Waals surface area contributed by atoms with Crippen LogP contribution in [0.2, 0.25) is 0 Å². The minimum Gasteiger partial charge on any atom is -0.383 e. The summed E-state index contributed by atoms with van der Waals surface area (Å²) in [6.07, 6.45) is 6.55. The first-order chi connectivity index (χ1) is 9.22. The molecule has 1 saturated carbocycles. The number of nitrogens with one attached hydrogen (secondary N) is 1. The van der Waals surface area contributed by atoms with E-state index in [2.05, 4.69) is 26.3 Å². The Labute approximate surface area is 121 Å². The first-order valence-corrected chi connectivity index (χ1v) is 7.48. The molecule has 0 spiro atoms. The van der Waals surface area contributed by atoms with Crippen LogP contribution in [0.15, 0.2) is 10.7 Å². The summed E-state index contributed by atoms with van der Waals surface area (Å²) in [5.74, 6) is 0.0763. The number of carbonyl (C=O) groups is 1. The van der Waals surface area contributed by atoms with Crippen molar-refractivity contribution in [3.63, 3.8) is 0 Å². The van der Waals surface area contributed by atoms with Crippen LogP contribution in [0.1, 0.15) is 36.2 Å². The van der Waals surface area contributed by atoms with Gasteiger partial charge in [-0.05, 0) is 28.8 Å². The molecule has 1 N–H and O–H groups in total. The van der Waals surface area contributed by atoms with Crippen LogP contribution in [0.4, 0.5) is 0 Å². The molecule has 0 aromatic carbocycles. The van der Waals surface area contributed by atoms with Gasteiger partial charge in [-0.2, -0.15) is 5.10 Å². The summed E-state index contributed by atoms with van der Waals surface area (Å²) in [6.45, 7) is 1.51. The zero-order valence-electron chi connectivity index (χ0n) is 11.2. The van der Waals surface area contributed by atoms with Gasteiger partial charge in [0.05, 0.1) is 30.4 Å². The quantitative estimate of drug-likeness (QED) is 0.777. The van der Waals surface area contributed by atoms with Crippen LogP contribution >= 0.6 is 15.9 Å². The maximum absolute atomic E-state index is 12.3. The molecule has 0 atom stereocenters. The standard InChI is InChI=1S/C13H20BrN3O2/c1-19-7-6-17-13(11(14)8-16-17)12(18)9-15-10-4-2-3-5-10/h8,10,15H,2-7,9H2,1H3. The van der Waals surface area contributed by atoms with Crippen LogP contribution in [0, 0.1) is 0 Å². The van der Waals surface area contributed by atoms with Gasteiger partial charge in [-0.15, -0.1) is 0 Å². The third kappa shape index (κ3) is 3.87. The molecule has 0 unspecified atom stereocenters. The summed E-state index contributed by atoms with van der Waals surface area (Å²) in [6, 6.07) is 0.498. The third-order valence-electron chi connectivity index (χ3n) is 3.47. The number of rotatable bonds is 7. The van der Waals surface area contributed by atoms with Gasteiger partial charge in [0, 0.05) is 13.2 Å². The highest BCUT2D eigenvalue weighted by Gasteiger charge is 2.20. The fourth-order valence-corrected chi connectivity index (χ4v) is 2.96. The van der Waals surface area contributed by atoms with Gasteiger partial charge in [0.2, 0.25) is 0 Å². The second kappa shape index (κ2) is 7.17. The van der Waals surface area contributed by atoms with E-state index in [4.69, 9.17) is 4.74 Å². The fourth-order valence-electron chi connectivity index (χ4n) is 2.44. The van der Waals surface area contributed by atoms with Crippen molar-refractivity contribution in [3.8, 4) is 0 Å². The summed E-state index contributed by atoms with van der Waals surface area (Å²) in [4.78, 5) is 12.3. The average molecular weight is 330 g/mol. The molecular formula is C13H20BrN3O2. The number of ether oxygens (including phenoxy) is 1. The molecule has 0 saturated heterocycles. The summed E-state index contributed by atoms with van der Waals surface area (Å²) in [7, 11) is 1.64. The number of carbonyl (C=O) groups excluding carboxylic acids is 1. The topological polar surface area (TPSA) is 56.2 Å². The van der Waals surface area contributed by atoms with E-state index >= 15 is 0 Å². The lowest BCUT2D eigenvalue weighted by Gasteiger charge is -2.12. The minimum absolute atomic E-state index is 0.0763. The second-order valence-corrected chi connectivity index (χ2v) is 5.70. The maximum atomic E-state index is 12.3. The lowest BCUT2D eigenvalue weighted by molar-refractivity contribution is 0.0972. The smallest absolute Gasteiger partial charge is 0.195 e. The van der Waals surface area contributed by atoms with Crippen LogP contribution in [0.25, 0.3) is 0 Å². The summed E-state index contributed by atoms with van der Waals surface area (Å²) in [5, 5.41) is 7.53. The first-order valence-electron chi connectivity index (χ1n) is 6.69. The van der Waals surface area contributed by atoms with Gasteiger partial charge in [0.1, 0.15) is 5.69 Å². The van der Waals surface area contributed by atoms with Crippen LogP contribution in [0.5, 0.6) is 0 Å². The van der Waals surface area contributed by atoms with E-state index in [-0.39, 0.29) is 5.78 Å². The molecule has 2 rings (SSSR count). The van der Waals surface area contributed by atoms with E-state index in [1.807, 2.05) is 0 Å². The Morgan fingerprint density at radius 3 is 3.00 bits per heavy atom. The Kier molecular flexibility index (Phi) is 5.54. The van der Waals surface area contributed by atoms with Crippen molar-refractivity contribution in [1.82, 2.24) is 15.1 Å². The van der Waals surface area contributed by atoms with Crippen molar-refractivity contribution in [3.05, 3.63) is 16.4 Å². The lowest BCUT2D eigenvalue weighted by Crippen LogP contribution is -2.32. The Hall–Kier alpha value is -0.720. The molecule has 1 aliphatic rings. The summed E-state index contributed by atoms with van der Waals surface area (Å²) < 4.78 is 7.48. The highest BCUT2D eigenvalue weighted by Crippen LogP contribution is 2.19. The van der Waals surface area contributed by atoms with Crippen LogP contribution in [0.3, 0.4) is 0 Å². The van der Waals surface area contributed by atoms with Crippen LogP contribution < -0.4 is 5.32 Å². The molecule has 106 valence electrons. The molecule has 1 heterocycles. The van der Waals surface area contributed by atoms with Gasteiger partial charge in [0.15, 0.2) is 5.78 Å². The number of halogens is 1. The first kappa shape index (κ1) is 14.7. The molecule has 19 heavy (non-hydrogen) atoms. The number of aromatic nitrogens is 2. The SMILES string of the molecule is COCCn1ncc(Br)c1C(=O)CNC1CCCC1. The molecule has 0 amide bonds. The molecule has 5 nitrogen and oxygen atoms in total. The van der Waals surface area contributed by atoms with Crippen LogP contribution in [-0.4, -0.2) is 41.9 Å². The number of Topliss-reactive ketones (excluding diaryl/α,β-unsaturated/α-hetero) is 1. The summed E-state index contributed by atoms with van der Waals surface area (Å²) >= 11 is 3.39. The highest BCUT2D eigenvalue weighted by atomic mass is 79.9. The third-order valence-corrected chi connectivity index (χ3v) is 4.05. The van der Waals surface area contributed by atoms with Gasteiger partial charge < -0.3 is 10.1 Å². The molecule has 1 aromatic heterocycles. The predicted octanol–water partition coefficient (Wildman–Crippen LogP) is 2.01. The zero-order chi connectivity index (χ0) is 13.7. The number of hydrogen-bond acceptors (Lipinski definition) is 4. The van der Waals surface area contributed by atoms with Crippen molar-refractivity contribution in [2.24, 2.45) is 0 Å². The Bertz CT molecular complexity index is 428. The molecule has 0 bridgehead atoms. The van der Waals surface area contributed by atoms with Crippen LogP contribution in [-0.2, 0) is 11.3 Å². The molecule has 1 aromatic rings. The van der Waals surface area contributed by atoms with Crippen molar-refractivity contribution in [2.45, 2.75) is 38.3 Å². The molecule has 1 aliphatic carbocycles. The fraction of sp³-hybridized carbons (Fsp3) is 0.692. The molecule has 1 fully saturated rings. The highest BCUT2D eigenvalue weighted by molar-refractivity contribution is 9.10. The van der Waals surface area contributed by atoms with E-state index in [0.29, 0.717) is 31.4 Å². The largest absolute Gasteiger partial charge is 0.383 e. The van der Waals surface area contributed by atoms with E-state index in [0.717, 1.165) is 4.47 Å². The van der Waals surface area contributed by atoms with Crippen molar-refractivity contribution in [1.29, 1.82) is 0 Å². The average Bonchev–Trinajstić information content (AvgIpc) is 3.03. The van der Waals surface area contributed by atoms with E-state index in [1.54, 1.807) is 18.0 Å². The number of hydrogen-bond donors (Lipinski definition) is 1. The van der Waals surface area contributed by atoms with Gasteiger partial charge in [0.25, 0.3) is 0 Å².